The van der Waals surface area contributed by atoms with Gasteiger partial charge in [0.05, 0.1) is 17.2 Å². The molecule has 0 bridgehead atoms. The average Bonchev–Trinajstić information content (AvgIpc) is 3.07. The first-order valence-electron chi connectivity index (χ1n) is 6.92. The van der Waals surface area contributed by atoms with E-state index in [0.29, 0.717) is 6.61 Å². The molecule has 21 heavy (non-hydrogen) atoms. The molecule has 1 saturated carbocycles. The van der Waals surface area contributed by atoms with Crippen molar-refractivity contribution < 1.29 is 17.9 Å². The van der Waals surface area contributed by atoms with Gasteiger partial charge in [0.25, 0.3) is 0 Å². The van der Waals surface area contributed by atoms with Crippen LogP contribution >= 0.6 is 11.6 Å². The fourth-order valence-electron chi connectivity index (χ4n) is 3.86. The van der Waals surface area contributed by atoms with Gasteiger partial charge in [0.2, 0.25) is 0 Å². The van der Waals surface area contributed by atoms with Crippen LogP contribution in [0.3, 0.4) is 0 Å². The zero-order valence-corrected chi connectivity index (χ0v) is 12.4. The van der Waals surface area contributed by atoms with Crippen molar-refractivity contribution in [3.05, 3.63) is 34.3 Å². The number of hydrogen-bond donors (Lipinski definition) is 1. The Bertz CT molecular complexity index is 558. The monoisotopic (exact) mass is 319 g/mol. The van der Waals surface area contributed by atoms with Crippen molar-refractivity contribution in [2.45, 2.75) is 24.4 Å². The zero-order chi connectivity index (χ0) is 15.3. The van der Waals surface area contributed by atoms with Crippen LogP contribution in [0, 0.1) is 5.41 Å². The Labute approximate surface area is 126 Å². The van der Waals surface area contributed by atoms with Gasteiger partial charge in [-0.3, -0.25) is 0 Å². The Hall–Kier alpha value is -0.780. The second-order valence-electron chi connectivity index (χ2n) is 6.09. The minimum absolute atomic E-state index is 0.0108. The highest BCUT2D eigenvalue weighted by Gasteiger charge is 2.68. The van der Waals surface area contributed by atoms with Gasteiger partial charge in [-0.25, -0.2) is 0 Å². The third kappa shape index (κ3) is 2.26. The average molecular weight is 320 g/mol. The summed E-state index contributed by atoms with van der Waals surface area (Å²) in [6, 6.07) is 4.18. The summed E-state index contributed by atoms with van der Waals surface area (Å²) in [7, 11) is 1.66. The van der Waals surface area contributed by atoms with Gasteiger partial charge in [-0.05, 0) is 37.1 Å². The maximum Gasteiger partial charge on any atom is 0.417 e. The van der Waals surface area contributed by atoms with Crippen molar-refractivity contribution in [3.63, 3.8) is 0 Å². The van der Waals surface area contributed by atoms with Gasteiger partial charge in [-0.15, -0.1) is 0 Å². The number of halogens is 4. The summed E-state index contributed by atoms with van der Waals surface area (Å²) in [5.41, 5.74) is 0.0285. The van der Waals surface area contributed by atoms with Gasteiger partial charge in [0.1, 0.15) is 0 Å². The lowest BCUT2D eigenvalue weighted by Gasteiger charge is -2.31. The lowest BCUT2D eigenvalue weighted by molar-refractivity contribution is -0.137. The molecule has 1 saturated heterocycles. The topological polar surface area (TPSA) is 21.3 Å². The Balaban J connectivity index is 1.96. The first kappa shape index (κ1) is 15.1. The van der Waals surface area contributed by atoms with Gasteiger partial charge >= 0.3 is 6.18 Å². The lowest BCUT2D eigenvalue weighted by atomic mass is 9.81. The van der Waals surface area contributed by atoms with Gasteiger partial charge in [-0.1, -0.05) is 17.7 Å². The smallest absolute Gasteiger partial charge is 0.384 e. The van der Waals surface area contributed by atoms with Crippen LogP contribution < -0.4 is 5.32 Å². The summed E-state index contributed by atoms with van der Waals surface area (Å²) >= 11 is 5.87. The van der Waals surface area contributed by atoms with E-state index in [2.05, 4.69) is 5.32 Å². The van der Waals surface area contributed by atoms with Crippen molar-refractivity contribution in [3.8, 4) is 0 Å². The lowest BCUT2D eigenvalue weighted by Crippen LogP contribution is -2.40. The summed E-state index contributed by atoms with van der Waals surface area (Å²) in [6.45, 7) is 2.31. The molecule has 2 fully saturated rings. The maximum absolute atomic E-state index is 12.8. The first-order valence-corrected chi connectivity index (χ1v) is 7.29. The largest absolute Gasteiger partial charge is 0.417 e. The molecule has 1 aliphatic carbocycles. The van der Waals surface area contributed by atoms with Crippen molar-refractivity contribution in [1.29, 1.82) is 0 Å². The summed E-state index contributed by atoms with van der Waals surface area (Å²) in [4.78, 5) is 0. The molecule has 3 rings (SSSR count). The van der Waals surface area contributed by atoms with E-state index in [1.54, 1.807) is 13.2 Å². The van der Waals surface area contributed by atoms with Crippen LogP contribution in [-0.4, -0.2) is 26.8 Å². The molecule has 1 aromatic rings. The normalized spacial score (nSPS) is 31.9. The number of fused-ring (bicyclic) bond motifs is 1. The maximum atomic E-state index is 12.8. The Morgan fingerprint density at radius 2 is 2.14 bits per heavy atom. The molecule has 2 nitrogen and oxygen atoms in total. The minimum atomic E-state index is -4.41. The standard InChI is InChI=1S/C15H17ClF3NO/c1-21-9-13-7-14(13,4-5-20-8-13)10-2-3-11(12(16)6-10)15(17,18)19/h2-3,6,20H,4-5,7-9H2,1H3/t13-,14-/m0/s1. The number of ether oxygens (including phenoxy) is 1. The molecule has 1 N–H and O–H groups in total. The molecular formula is C15H17ClF3NO. The Morgan fingerprint density at radius 1 is 1.38 bits per heavy atom. The van der Waals surface area contributed by atoms with Crippen LogP contribution in [0.2, 0.25) is 5.02 Å². The Kier molecular flexibility index (Phi) is 3.50. The van der Waals surface area contributed by atoms with E-state index < -0.39 is 11.7 Å². The molecule has 6 heteroatoms. The molecule has 1 aliphatic heterocycles. The number of rotatable bonds is 3. The molecule has 0 amide bonds. The van der Waals surface area contributed by atoms with Crippen LogP contribution in [0.5, 0.6) is 0 Å². The molecule has 0 spiro atoms. The van der Waals surface area contributed by atoms with Crippen LogP contribution in [0.1, 0.15) is 24.0 Å². The van der Waals surface area contributed by atoms with Crippen molar-refractivity contribution in [1.82, 2.24) is 5.32 Å². The van der Waals surface area contributed by atoms with Gasteiger partial charge in [0.15, 0.2) is 0 Å². The highest BCUT2D eigenvalue weighted by atomic mass is 35.5. The van der Waals surface area contributed by atoms with E-state index in [1.807, 2.05) is 0 Å². The molecule has 0 radical (unpaired) electrons. The van der Waals surface area contributed by atoms with E-state index in [-0.39, 0.29) is 15.9 Å². The quantitative estimate of drug-likeness (QED) is 0.918. The highest BCUT2D eigenvalue weighted by Crippen LogP contribution is 2.68. The van der Waals surface area contributed by atoms with Crippen molar-refractivity contribution in [2.24, 2.45) is 5.41 Å². The third-order valence-electron chi connectivity index (χ3n) is 4.97. The third-order valence-corrected chi connectivity index (χ3v) is 5.28. The van der Waals surface area contributed by atoms with E-state index in [1.165, 1.54) is 6.07 Å². The van der Waals surface area contributed by atoms with E-state index >= 15 is 0 Å². The first-order chi connectivity index (χ1) is 9.85. The predicted octanol–water partition coefficient (Wildman–Crippen LogP) is 3.63. The van der Waals surface area contributed by atoms with Gasteiger partial charge < -0.3 is 10.1 Å². The molecule has 116 valence electrons. The number of hydrogen-bond acceptors (Lipinski definition) is 2. The molecule has 1 aromatic carbocycles. The predicted molar refractivity (Wildman–Crippen MR) is 74.5 cm³/mol. The molecule has 0 unspecified atom stereocenters. The van der Waals surface area contributed by atoms with Crippen molar-refractivity contribution in [2.75, 3.05) is 26.8 Å². The molecule has 2 atom stereocenters. The zero-order valence-electron chi connectivity index (χ0n) is 11.7. The fraction of sp³-hybridized carbons (Fsp3) is 0.600. The summed E-state index contributed by atoms with van der Waals surface area (Å²) in [5.74, 6) is 0. The summed E-state index contributed by atoms with van der Waals surface area (Å²) < 4.78 is 43.8. The number of piperidine rings is 1. The van der Waals surface area contributed by atoms with E-state index in [0.717, 1.165) is 37.6 Å². The van der Waals surface area contributed by atoms with E-state index in [9.17, 15) is 13.2 Å². The molecule has 0 aromatic heterocycles. The van der Waals surface area contributed by atoms with Crippen molar-refractivity contribution >= 4 is 11.6 Å². The molecular weight excluding hydrogens is 303 g/mol. The number of nitrogens with one attached hydrogen (secondary N) is 1. The Morgan fingerprint density at radius 3 is 2.76 bits per heavy atom. The number of methoxy groups -OCH3 is 1. The van der Waals surface area contributed by atoms with Crippen LogP contribution in [0.4, 0.5) is 13.2 Å². The van der Waals surface area contributed by atoms with Crippen LogP contribution in [0.15, 0.2) is 18.2 Å². The second-order valence-corrected chi connectivity index (χ2v) is 6.50. The second kappa shape index (κ2) is 4.86. The summed E-state index contributed by atoms with van der Waals surface area (Å²) in [5, 5.41) is 3.14. The minimum Gasteiger partial charge on any atom is -0.384 e. The van der Waals surface area contributed by atoms with Crippen LogP contribution in [-0.2, 0) is 16.3 Å². The summed E-state index contributed by atoms with van der Waals surface area (Å²) in [6.07, 6.45) is -2.57. The number of alkyl halides is 3. The molecule has 2 aliphatic rings. The highest BCUT2D eigenvalue weighted by molar-refractivity contribution is 6.31. The molecule has 1 heterocycles. The fourth-order valence-corrected chi connectivity index (χ4v) is 4.15. The van der Waals surface area contributed by atoms with E-state index in [4.69, 9.17) is 16.3 Å². The van der Waals surface area contributed by atoms with Gasteiger partial charge in [0, 0.05) is 24.5 Å². The SMILES string of the molecule is COC[C@]12CNCC[C@@]1(c1ccc(C(F)(F)F)c(Cl)c1)C2. The number of benzene rings is 1. The van der Waals surface area contributed by atoms with Crippen LogP contribution in [0.25, 0.3) is 0 Å². The van der Waals surface area contributed by atoms with Gasteiger partial charge in [-0.2, -0.15) is 13.2 Å².